The van der Waals surface area contributed by atoms with Crippen LogP contribution in [0.15, 0.2) is 12.1 Å². The van der Waals surface area contributed by atoms with E-state index < -0.39 is 0 Å². The summed E-state index contributed by atoms with van der Waals surface area (Å²) in [6.07, 6.45) is 3.96. The number of hydrogen-bond acceptors (Lipinski definition) is 4. The zero-order chi connectivity index (χ0) is 15.5. The first-order chi connectivity index (χ1) is 10.5. The first-order valence-electron chi connectivity index (χ1n) is 8.26. The SMILES string of the molecule is COc1cc2c(cc1O)OC[C@@H]1[C@@H]2CC[C@]2(C)[C@@H](O)CC[C@@H]12. The molecule has 2 saturated carbocycles. The fourth-order valence-corrected chi connectivity index (χ4v) is 5.21. The smallest absolute Gasteiger partial charge is 0.161 e. The van der Waals surface area contributed by atoms with Gasteiger partial charge in [-0.15, -0.1) is 0 Å². The number of aromatic hydroxyl groups is 1. The molecule has 1 aromatic rings. The van der Waals surface area contributed by atoms with Crippen molar-refractivity contribution in [2.75, 3.05) is 13.7 Å². The third-order valence-corrected chi connectivity index (χ3v) is 6.53. The van der Waals surface area contributed by atoms with Crippen molar-refractivity contribution >= 4 is 0 Å². The summed E-state index contributed by atoms with van der Waals surface area (Å²) in [4.78, 5) is 0. The van der Waals surface area contributed by atoms with Gasteiger partial charge in [0.2, 0.25) is 0 Å². The lowest BCUT2D eigenvalue weighted by molar-refractivity contribution is -0.0357. The third-order valence-electron chi connectivity index (χ3n) is 6.53. The summed E-state index contributed by atoms with van der Waals surface area (Å²) < 4.78 is 11.2. The summed E-state index contributed by atoms with van der Waals surface area (Å²) in [5.41, 5.74) is 1.21. The molecular weight excluding hydrogens is 280 g/mol. The first-order valence-corrected chi connectivity index (χ1v) is 8.26. The number of aliphatic hydroxyl groups excluding tert-OH is 1. The standard InChI is InChI=1S/C18H24O4/c1-18-6-5-10-11-7-16(21-2)14(19)8-15(11)22-9-12(10)13(18)3-4-17(18)20/h7-8,10,12-13,17,19-20H,3-6,9H2,1-2H3/t10-,12-,13+,17+,18+/m1/s1. The molecule has 1 aromatic carbocycles. The van der Waals surface area contributed by atoms with Gasteiger partial charge in [-0.2, -0.15) is 0 Å². The fourth-order valence-electron chi connectivity index (χ4n) is 5.21. The van der Waals surface area contributed by atoms with Gasteiger partial charge >= 0.3 is 0 Å². The fraction of sp³-hybridized carbons (Fsp3) is 0.667. The van der Waals surface area contributed by atoms with Crippen molar-refractivity contribution in [3.63, 3.8) is 0 Å². The number of fused-ring (bicyclic) bond motifs is 5. The maximum Gasteiger partial charge on any atom is 0.161 e. The van der Waals surface area contributed by atoms with Crippen LogP contribution in [0.4, 0.5) is 0 Å². The first kappa shape index (κ1) is 14.2. The molecule has 3 aliphatic rings. The molecule has 0 amide bonds. The minimum atomic E-state index is -0.172. The molecule has 2 N–H and O–H groups in total. The van der Waals surface area contributed by atoms with Gasteiger partial charge in [-0.25, -0.2) is 0 Å². The van der Waals surface area contributed by atoms with Crippen molar-refractivity contribution in [1.82, 2.24) is 0 Å². The van der Waals surface area contributed by atoms with E-state index in [0.29, 0.717) is 30.1 Å². The largest absolute Gasteiger partial charge is 0.504 e. The molecule has 4 heteroatoms. The highest BCUT2D eigenvalue weighted by Gasteiger charge is 2.55. The number of phenolic OH excluding ortho intramolecular Hbond substituents is 1. The van der Waals surface area contributed by atoms with E-state index in [1.54, 1.807) is 13.2 Å². The Hall–Kier alpha value is -1.42. The zero-order valence-corrected chi connectivity index (χ0v) is 13.2. The Bertz CT molecular complexity index is 599. The van der Waals surface area contributed by atoms with Crippen LogP contribution in [-0.2, 0) is 0 Å². The second-order valence-corrected chi connectivity index (χ2v) is 7.39. The Morgan fingerprint density at radius 1 is 1.27 bits per heavy atom. The van der Waals surface area contributed by atoms with Crippen molar-refractivity contribution in [2.24, 2.45) is 17.3 Å². The molecule has 22 heavy (non-hydrogen) atoms. The predicted molar refractivity (Wildman–Crippen MR) is 82.5 cm³/mol. The Morgan fingerprint density at radius 2 is 2.09 bits per heavy atom. The van der Waals surface area contributed by atoms with Crippen molar-refractivity contribution in [2.45, 2.75) is 44.6 Å². The molecule has 0 saturated heterocycles. The number of hydrogen-bond donors (Lipinski definition) is 2. The maximum atomic E-state index is 10.4. The van der Waals surface area contributed by atoms with E-state index in [4.69, 9.17) is 9.47 Å². The van der Waals surface area contributed by atoms with Gasteiger partial charge in [0.1, 0.15) is 5.75 Å². The van der Waals surface area contributed by atoms with Gasteiger partial charge in [0.05, 0.1) is 19.8 Å². The lowest BCUT2D eigenvalue weighted by Gasteiger charge is -2.49. The number of ether oxygens (including phenoxy) is 2. The summed E-state index contributed by atoms with van der Waals surface area (Å²) in [7, 11) is 1.58. The van der Waals surface area contributed by atoms with E-state index in [-0.39, 0.29) is 17.3 Å². The van der Waals surface area contributed by atoms with Gasteiger partial charge < -0.3 is 19.7 Å². The molecule has 1 heterocycles. The normalized spacial score (nSPS) is 39.4. The predicted octanol–water partition coefficient (Wildman–Crippen LogP) is 3.06. The summed E-state index contributed by atoms with van der Waals surface area (Å²) in [6.45, 7) is 2.94. The molecular formula is C18H24O4. The van der Waals surface area contributed by atoms with Crippen LogP contribution < -0.4 is 9.47 Å². The minimum absolute atomic E-state index is 0.0447. The van der Waals surface area contributed by atoms with Crippen molar-refractivity contribution in [3.05, 3.63) is 17.7 Å². The monoisotopic (exact) mass is 304 g/mol. The molecule has 2 aliphatic carbocycles. The Morgan fingerprint density at radius 3 is 2.86 bits per heavy atom. The van der Waals surface area contributed by atoms with E-state index in [2.05, 4.69) is 6.92 Å². The number of phenols is 1. The summed E-state index contributed by atoms with van der Waals surface area (Å²) in [5, 5.41) is 20.3. The average Bonchev–Trinajstić information content (AvgIpc) is 2.82. The second-order valence-electron chi connectivity index (χ2n) is 7.39. The van der Waals surface area contributed by atoms with Gasteiger partial charge in [0.15, 0.2) is 11.5 Å². The van der Waals surface area contributed by atoms with Gasteiger partial charge in [-0.05, 0) is 49.0 Å². The third kappa shape index (κ3) is 1.79. The van der Waals surface area contributed by atoms with Crippen LogP contribution in [0.1, 0.15) is 44.1 Å². The van der Waals surface area contributed by atoms with Crippen LogP contribution in [0.25, 0.3) is 0 Å². The van der Waals surface area contributed by atoms with Crippen molar-refractivity contribution in [3.8, 4) is 17.2 Å². The minimum Gasteiger partial charge on any atom is -0.504 e. The quantitative estimate of drug-likeness (QED) is 0.837. The molecule has 5 atom stereocenters. The molecule has 4 nitrogen and oxygen atoms in total. The van der Waals surface area contributed by atoms with Crippen LogP contribution in [0.3, 0.4) is 0 Å². The lowest BCUT2D eigenvalue weighted by atomic mass is 9.58. The topological polar surface area (TPSA) is 58.9 Å². The lowest BCUT2D eigenvalue weighted by Crippen LogP contribution is -2.45. The highest BCUT2D eigenvalue weighted by atomic mass is 16.5. The van der Waals surface area contributed by atoms with Gasteiger partial charge in [0.25, 0.3) is 0 Å². The van der Waals surface area contributed by atoms with Crippen LogP contribution in [0, 0.1) is 17.3 Å². The van der Waals surface area contributed by atoms with Crippen molar-refractivity contribution < 1.29 is 19.7 Å². The highest BCUT2D eigenvalue weighted by molar-refractivity contribution is 5.52. The summed E-state index contributed by atoms with van der Waals surface area (Å²) >= 11 is 0. The van der Waals surface area contributed by atoms with Crippen LogP contribution in [0.5, 0.6) is 17.2 Å². The zero-order valence-electron chi connectivity index (χ0n) is 13.2. The summed E-state index contributed by atoms with van der Waals surface area (Å²) in [6, 6.07) is 3.62. The maximum absolute atomic E-state index is 10.4. The van der Waals surface area contributed by atoms with Crippen molar-refractivity contribution in [1.29, 1.82) is 0 Å². The molecule has 4 rings (SSSR count). The van der Waals surface area contributed by atoms with Crippen LogP contribution in [-0.4, -0.2) is 30.0 Å². The van der Waals surface area contributed by atoms with Crippen LogP contribution >= 0.6 is 0 Å². The molecule has 0 aromatic heterocycles. The van der Waals surface area contributed by atoms with E-state index in [9.17, 15) is 10.2 Å². The van der Waals surface area contributed by atoms with E-state index in [0.717, 1.165) is 37.0 Å². The molecule has 0 radical (unpaired) electrons. The molecule has 120 valence electrons. The van der Waals surface area contributed by atoms with E-state index >= 15 is 0 Å². The molecule has 1 aliphatic heterocycles. The van der Waals surface area contributed by atoms with E-state index in [1.165, 1.54) is 0 Å². The Balaban J connectivity index is 1.72. The molecule has 0 bridgehead atoms. The Labute approximate surface area is 131 Å². The number of rotatable bonds is 1. The van der Waals surface area contributed by atoms with E-state index in [1.807, 2.05) is 6.07 Å². The van der Waals surface area contributed by atoms with Gasteiger partial charge in [0, 0.05) is 17.5 Å². The highest BCUT2D eigenvalue weighted by Crippen LogP contribution is 2.60. The molecule has 0 spiro atoms. The second kappa shape index (κ2) is 4.79. The number of benzene rings is 1. The molecule has 0 unspecified atom stereocenters. The summed E-state index contributed by atoms with van der Waals surface area (Å²) in [5.74, 6) is 2.87. The number of aliphatic hydroxyl groups is 1. The Kier molecular flexibility index (Phi) is 3.09. The molecule has 2 fully saturated rings. The average molecular weight is 304 g/mol. The number of methoxy groups -OCH3 is 1. The van der Waals surface area contributed by atoms with Crippen LogP contribution in [0.2, 0.25) is 0 Å². The van der Waals surface area contributed by atoms with Gasteiger partial charge in [-0.3, -0.25) is 0 Å². The van der Waals surface area contributed by atoms with Gasteiger partial charge in [-0.1, -0.05) is 6.92 Å².